The van der Waals surface area contributed by atoms with Gasteiger partial charge in [-0.25, -0.2) is 9.37 Å². The van der Waals surface area contributed by atoms with Crippen LogP contribution in [0.15, 0.2) is 29.1 Å². The first-order valence-corrected chi connectivity index (χ1v) is 10.5. The van der Waals surface area contributed by atoms with Gasteiger partial charge in [-0.15, -0.1) is 0 Å². The number of carbonyl (C=O) groups is 3. The zero-order valence-corrected chi connectivity index (χ0v) is 18.7. The number of rotatable bonds is 4. The minimum atomic E-state index is -0.797. The molecule has 33 heavy (non-hydrogen) atoms. The van der Waals surface area contributed by atoms with E-state index in [-0.39, 0.29) is 18.9 Å². The second-order valence-corrected chi connectivity index (χ2v) is 8.06. The molecule has 0 spiro atoms. The van der Waals surface area contributed by atoms with E-state index in [2.05, 4.69) is 10.3 Å². The van der Waals surface area contributed by atoms with Gasteiger partial charge in [-0.05, 0) is 37.0 Å². The van der Waals surface area contributed by atoms with Gasteiger partial charge in [0, 0.05) is 34.2 Å². The van der Waals surface area contributed by atoms with Crippen molar-refractivity contribution in [2.24, 2.45) is 0 Å². The summed E-state index contributed by atoms with van der Waals surface area (Å²) >= 11 is 0. The fraction of sp³-hybridized carbons (Fsp3) is 0.409. The average molecular weight is 459 g/mol. The highest BCUT2D eigenvalue weighted by Crippen LogP contribution is 2.28. The molecule has 176 valence electrons. The number of benzene rings is 1. The van der Waals surface area contributed by atoms with Crippen molar-refractivity contribution >= 4 is 17.7 Å². The van der Waals surface area contributed by atoms with Crippen LogP contribution in [0, 0.1) is 5.82 Å². The van der Waals surface area contributed by atoms with Crippen molar-refractivity contribution in [3.05, 3.63) is 57.5 Å². The number of halogens is 1. The van der Waals surface area contributed by atoms with Crippen LogP contribution in [0.1, 0.15) is 47.2 Å². The number of aromatic hydroxyl groups is 1. The molecule has 1 aliphatic heterocycles. The molecule has 1 atom stereocenters. The number of aromatic nitrogens is 2. The number of hydrogen-bond donors (Lipinski definition) is 2. The molecule has 1 aromatic heterocycles. The molecule has 0 radical (unpaired) electrons. The lowest BCUT2D eigenvalue weighted by molar-refractivity contribution is -0.151. The zero-order valence-electron chi connectivity index (χ0n) is 18.7. The maximum atomic E-state index is 13.1. The van der Waals surface area contributed by atoms with E-state index in [1.54, 1.807) is 0 Å². The van der Waals surface area contributed by atoms with Crippen molar-refractivity contribution in [1.29, 1.82) is 0 Å². The number of nitrogens with one attached hydrogen (secondary N) is 1. The third-order valence-electron chi connectivity index (χ3n) is 5.54. The summed E-state index contributed by atoms with van der Waals surface area (Å²) in [6, 6.07) is 4.75. The average Bonchev–Trinajstić information content (AvgIpc) is 3.01. The van der Waals surface area contributed by atoms with Crippen LogP contribution in [0.4, 0.5) is 4.39 Å². The molecule has 2 N–H and O–H groups in total. The second kappa shape index (κ2) is 9.80. The van der Waals surface area contributed by atoms with Gasteiger partial charge >= 0.3 is 11.8 Å². The highest BCUT2D eigenvalue weighted by molar-refractivity contribution is 6.34. The summed E-state index contributed by atoms with van der Waals surface area (Å²) in [4.78, 5) is 57.0. The molecule has 11 heteroatoms. The molecule has 2 aromatic rings. The van der Waals surface area contributed by atoms with Gasteiger partial charge in [0.2, 0.25) is 5.75 Å². The van der Waals surface area contributed by atoms with Crippen molar-refractivity contribution in [3.63, 3.8) is 0 Å². The number of nitrogens with zero attached hydrogens (tertiary/aromatic N) is 4. The van der Waals surface area contributed by atoms with Crippen LogP contribution >= 0.6 is 0 Å². The minimum Gasteiger partial charge on any atom is -0.501 e. The predicted octanol–water partition coefficient (Wildman–Crippen LogP) is 0.790. The van der Waals surface area contributed by atoms with Crippen LogP contribution in [0.25, 0.3) is 0 Å². The van der Waals surface area contributed by atoms with Crippen LogP contribution in [0.2, 0.25) is 0 Å². The smallest absolute Gasteiger partial charge is 0.312 e. The van der Waals surface area contributed by atoms with Crippen LogP contribution in [-0.4, -0.2) is 63.3 Å². The van der Waals surface area contributed by atoms with Gasteiger partial charge < -0.3 is 20.2 Å². The number of hydrogen-bond acceptors (Lipinski definition) is 6. The molecular formula is C22H26FN5O5. The quantitative estimate of drug-likeness (QED) is 0.652. The Hall–Kier alpha value is -3.76. The zero-order chi connectivity index (χ0) is 24.3. The molecule has 10 nitrogen and oxygen atoms in total. The maximum absolute atomic E-state index is 13.1. The normalized spacial score (nSPS) is 15.2. The summed E-state index contributed by atoms with van der Waals surface area (Å²) in [5, 5.41) is 12.9. The Balaban J connectivity index is 1.95. The number of fused-ring (bicyclic) bond motifs is 1. The first-order chi connectivity index (χ1) is 15.6. The molecule has 0 bridgehead atoms. The van der Waals surface area contributed by atoms with Gasteiger partial charge in [0.05, 0.1) is 6.04 Å². The topological polar surface area (TPSA) is 125 Å². The van der Waals surface area contributed by atoms with E-state index in [4.69, 9.17) is 0 Å². The Bertz CT molecular complexity index is 1130. The predicted molar refractivity (Wildman–Crippen MR) is 116 cm³/mol. The van der Waals surface area contributed by atoms with Crippen molar-refractivity contribution in [2.45, 2.75) is 38.4 Å². The lowest BCUT2D eigenvalue weighted by Crippen LogP contribution is -2.43. The molecule has 0 fully saturated rings. The molecule has 1 aromatic carbocycles. The third kappa shape index (κ3) is 5.02. The van der Waals surface area contributed by atoms with E-state index in [0.29, 0.717) is 24.8 Å². The third-order valence-corrected chi connectivity index (χ3v) is 5.54. The summed E-state index contributed by atoms with van der Waals surface area (Å²) in [6.07, 6.45) is 1.68. The highest BCUT2D eigenvalue weighted by Gasteiger charge is 2.33. The van der Waals surface area contributed by atoms with Crippen molar-refractivity contribution < 1.29 is 23.9 Å². The van der Waals surface area contributed by atoms with Gasteiger partial charge in [-0.1, -0.05) is 12.1 Å². The lowest BCUT2D eigenvalue weighted by atomic mass is 10.1. The van der Waals surface area contributed by atoms with Crippen LogP contribution in [-0.2, 0) is 22.7 Å². The van der Waals surface area contributed by atoms with Crippen molar-refractivity contribution in [2.75, 3.05) is 21.1 Å². The first-order valence-electron chi connectivity index (χ1n) is 10.5. The Morgan fingerprint density at radius 1 is 1.15 bits per heavy atom. The van der Waals surface area contributed by atoms with Gasteiger partial charge in [0.1, 0.15) is 11.6 Å². The van der Waals surface area contributed by atoms with Gasteiger partial charge in [-0.3, -0.25) is 23.7 Å². The summed E-state index contributed by atoms with van der Waals surface area (Å²) in [6.45, 7) is 0.282. The van der Waals surface area contributed by atoms with Crippen LogP contribution in [0.5, 0.6) is 5.75 Å². The second-order valence-electron chi connectivity index (χ2n) is 8.06. The van der Waals surface area contributed by atoms with E-state index in [1.807, 2.05) is 0 Å². The molecule has 1 unspecified atom stereocenters. The molecule has 0 aliphatic carbocycles. The molecule has 2 heterocycles. The fourth-order valence-electron chi connectivity index (χ4n) is 3.65. The standard InChI is InChI=1S/C22H26FN5O5/c1-26(2)21(32)22(33)27(3)15-6-4-5-11-28-18(15)25-16(17(29)20(28)31)19(30)24-12-13-7-9-14(23)10-8-13/h7-10,15,29H,4-6,11-12H2,1-3H3,(H,24,30). The SMILES string of the molecule is CN(C)C(=O)C(=O)N(C)C1CCCCn2c1nc(C(=O)NCc1ccc(F)cc1)c(O)c2=O. The summed E-state index contributed by atoms with van der Waals surface area (Å²) in [5.74, 6) is -3.38. The van der Waals surface area contributed by atoms with Crippen LogP contribution < -0.4 is 10.9 Å². The molecule has 0 saturated heterocycles. The lowest BCUT2D eigenvalue weighted by Gasteiger charge is -2.28. The number of likely N-dealkylation sites (N-methyl/N-ethyl adjacent to an activating group) is 2. The Morgan fingerprint density at radius 3 is 2.45 bits per heavy atom. The van der Waals surface area contributed by atoms with Gasteiger partial charge in [0.15, 0.2) is 5.69 Å². The van der Waals surface area contributed by atoms with E-state index < -0.39 is 46.6 Å². The molecule has 1 aliphatic rings. The summed E-state index contributed by atoms with van der Waals surface area (Å²) < 4.78 is 14.3. The molecule has 0 saturated carbocycles. The maximum Gasteiger partial charge on any atom is 0.312 e. The van der Waals surface area contributed by atoms with E-state index >= 15 is 0 Å². The highest BCUT2D eigenvalue weighted by atomic mass is 19.1. The Kier molecular flexibility index (Phi) is 7.10. The van der Waals surface area contributed by atoms with Crippen molar-refractivity contribution in [1.82, 2.24) is 24.7 Å². The summed E-state index contributed by atoms with van der Waals surface area (Å²) in [7, 11) is 4.36. The Morgan fingerprint density at radius 2 is 1.82 bits per heavy atom. The van der Waals surface area contributed by atoms with Gasteiger partial charge in [-0.2, -0.15) is 0 Å². The van der Waals surface area contributed by atoms with E-state index in [0.717, 1.165) is 4.90 Å². The summed E-state index contributed by atoms with van der Waals surface area (Å²) in [5.41, 5.74) is -0.653. The first kappa shape index (κ1) is 23.9. The number of amides is 3. The molecule has 3 rings (SSSR count). The molecule has 3 amide bonds. The fourth-order valence-corrected chi connectivity index (χ4v) is 3.65. The van der Waals surface area contributed by atoms with Gasteiger partial charge in [0.25, 0.3) is 11.5 Å². The van der Waals surface area contributed by atoms with E-state index in [1.165, 1.54) is 54.9 Å². The van der Waals surface area contributed by atoms with Crippen LogP contribution in [0.3, 0.4) is 0 Å². The van der Waals surface area contributed by atoms with Crippen molar-refractivity contribution in [3.8, 4) is 5.75 Å². The monoisotopic (exact) mass is 459 g/mol. The largest absolute Gasteiger partial charge is 0.501 e. The minimum absolute atomic E-state index is 0.0256. The molecular weight excluding hydrogens is 433 g/mol. The Labute approximate surface area is 189 Å². The number of carbonyl (C=O) groups excluding carboxylic acids is 3. The van der Waals surface area contributed by atoms with E-state index in [9.17, 15) is 28.7 Å².